The normalized spacial score (nSPS) is 17.4. The average molecular weight is 300 g/mol. The fraction of sp³-hybridized carbons (Fsp3) is 0.533. The van der Waals surface area contributed by atoms with Crippen LogP contribution < -0.4 is 10.5 Å². The molecule has 2 rings (SSSR count). The molecule has 5 heteroatoms. The van der Waals surface area contributed by atoms with E-state index in [0.717, 1.165) is 25.7 Å². The monoisotopic (exact) mass is 299 g/mol. The maximum atomic E-state index is 11.2. The first-order valence-corrected chi connectivity index (χ1v) is 6.85. The number of hydrogen-bond acceptors (Lipinski definition) is 4. The first-order chi connectivity index (χ1) is 9.19. The lowest BCUT2D eigenvalue weighted by Gasteiger charge is -2.11. The van der Waals surface area contributed by atoms with Gasteiger partial charge in [0.05, 0.1) is 6.61 Å². The molecule has 1 aromatic carbocycles. The van der Waals surface area contributed by atoms with Crippen LogP contribution in [0.2, 0.25) is 0 Å². The van der Waals surface area contributed by atoms with E-state index in [-0.39, 0.29) is 31.0 Å². The highest BCUT2D eigenvalue weighted by atomic mass is 35.5. The number of esters is 1. The molecule has 0 bridgehead atoms. The Hall–Kier alpha value is -1.26. The van der Waals surface area contributed by atoms with Crippen LogP contribution in [0.5, 0.6) is 5.75 Å². The molecule has 1 atom stereocenters. The summed E-state index contributed by atoms with van der Waals surface area (Å²) in [6.07, 6.45) is 4.15. The number of nitrogens with two attached hydrogens (primary N) is 1. The third-order valence-electron chi connectivity index (χ3n) is 3.34. The van der Waals surface area contributed by atoms with Crippen LogP contribution >= 0.6 is 12.4 Å². The summed E-state index contributed by atoms with van der Waals surface area (Å²) in [4.78, 5) is 11.2. The standard InChI is InChI=1S/C15H21NO3.ClH/c1-2-18-15(17)10-19-14-7-6-11-4-3-5-13(16)8-12(11)9-14;/h6-7,9,13H,2-5,8,10,16H2,1H3;1H. The van der Waals surface area contributed by atoms with Gasteiger partial charge in [0.1, 0.15) is 5.75 Å². The Labute approximate surface area is 126 Å². The van der Waals surface area contributed by atoms with E-state index in [1.165, 1.54) is 11.1 Å². The number of aryl methyl sites for hydroxylation is 1. The van der Waals surface area contributed by atoms with Gasteiger partial charge in [0, 0.05) is 6.04 Å². The van der Waals surface area contributed by atoms with Crippen LogP contribution in [0.25, 0.3) is 0 Å². The van der Waals surface area contributed by atoms with E-state index in [4.69, 9.17) is 15.2 Å². The van der Waals surface area contributed by atoms with Gasteiger partial charge in [0.15, 0.2) is 6.61 Å². The quantitative estimate of drug-likeness (QED) is 0.684. The summed E-state index contributed by atoms with van der Waals surface area (Å²) in [5.41, 5.74) is 8.63. The van der Waals surface area contributed by atoms with Gasteiger partial charge in [-0.15, -0.1) is 12.4 Å². The Balaban J connectivity index is 0.00000200. The van der Waals surface area contributed by atoms with E-state index in [1.54, 1.807) is 6.92 Å². The summed E-state index contributed by atoms with van der Waals surface area (Å²) in [6, 6.07) is 6.21. The van der Waals surface area contributed by atoms with Crippen LogP contribution in [-0.4, -0.2) is 25.2 Å². The minimum absolute atomic E-state index is 0. The highest BCUT2D eigenvalue weighted by Crippen LogP contribution is 2.24. The van der Waals surface area contributed by atoms with Gasteiger partial charge in [-0.05, 0) is 55.9 Å². The van der Waals surface area contributed by atoms with Crippen LogP contribution in [0.3, 0.4) is 0 Å². The van der Waals surface area contributed by atoms with E-state index in [2.05, 4.69) is 6.07 Å². The lowest BCUT2D eigenvalue weighted by Crippen LogP contribution is -2.21. The van der Waals surface area contributed by atoms with Crippen LogP contribution in [0.4, 0.5) is 0 Å². The second kappa shape index (κ2) is 8.12. The van der Waals surface area contributed by atoms with Gasteiger partial charge in [-0.2, -0.15) is 0 Å². The van der Waals surface area contributed by atoms with Crippen LogP contribution in [-0.2, 0) is 22.4 Å². The van der Waals surface area contributed by atoms with Gasteiger partial charge in [0.2, 0.25) is 0 Å². The molecule has 0 saturated carbocycles. The van der Waals surface area contributed by atoms with Crippen molar-refractivity contribution >= 4 is 18.4 Å². The molecule has 2 N–H and O–H groups in total. The van der Waals surface area contributed by atoms with E-state index in [1.807, 2.05) is 12.1 Å². The van der Waals surface area contributed by atoms with Gasteiger partial charge < -0.3 is 15.2 Å². The molecule has 1 unspecified atom stereocenters. The molecule has 0 aliphatic heterocycles. The molecule has 1 aliphatic carbocycles. The number of halogens is 1. The molecule has 112 valence electrons. The molecule has 0 fully saturated rings. The Morgan fingerprint density at radius 2 is 2.20 bits per heavy atom. The minimum Gasteiger partial charge on any atom is -0.482 e. The average Bonchev–Trinajstić information content (AvgIpc) is 2.56. The summed E-state index contributed by atoms with van der Waals surface area (Å²) in [7, 11) is 0. The number of benzene rings is 1. The van der Waals surface area contributed by atoms with Crippen LogP contribution in [0.1, 0.15) is 30.9 Å². The fourth-order valence-electron chi connectivity index (χ4n) is 2.41. The van der Waals surface area contributed by atoms with Crippen molar-refractivity contribution in [2.45, 2.75) is 38.6 Å². The summed E-state index contributed by atoms with van der Waals surface area (Å²) >= 11 is 0. The first-order valence-electron chi connectivity index (χ1n) is 6.85. The molecule has 4 nitrogen and oxygen atoms in total. The van der Waals surface area contributed by atoms with Crippen molar-refractivity contribution in [3.8, 4) is 5.75 Å². The summed E-state index contributed by atoms with van der Waals surface area (Å²) in [6.45, 7) is 2.11. The van der Waals surface area contributed by atoms with Crippen molar-refractivity contribution in [1.29, 1.82) is 0 Å². The van der Waals surface area contributed by atoms with Crippen molar-refractivity contribution in [2.75, 3.05) is 13.2 Å². The van der Waals surface area contributed by atoms with Crippen molar-refractivity contribution in [1.82, 2.24) is 0 Å². The first kappa shape index (κ1) is 16.8. The van der Waals surface area contributed by atoms with Crippen molar-refractivity contribution < 1.29 is 14.3 Å². The summed E-state index contributed by atoms with van der Waals surface area (Å²) in [5, 5.41) is 0. The minimum atomic E-state index is -0.339. The Morgan fingerprint density at radius 1 is 1.40 bits per heavy atom. The van der Waals surface area contributed by atoms with Crippen molar-refractivity contribution in [3.05, 3.63) is 29.3 Å². The molecule has 20 heavy (non-hydrogen) atoms. The van der Waals surface area contributed by atoms with E-state index < -0.39 is 0 Å². The zero-order valence-corrected chi connectivity index (χ0v) is 12.6. The zero-order chi connectivity index (χ0) is 13.7. The number of hydrogen-bond donors (Lipinski definition) is 1. The topological polar surface area (TPSA) is 61.5 Å². The highest BCUT2D eigenvalue weighted by molar-refractivity contribution is 5.85. The zero-order valence-electron chi connectivity index (χ0n) is 11.8. The molecular weight excluding hydrogens is 278 g/mol. The molecule has 1 aromatic rings. The van der Waals surface area contributed by atoms with Crippen LogP contribution in [0, 0.1) is 0 Å². The number of carbonyl (C=O) groups excluding carboxylic acids is 1. The van der Waals surface area contributed by atoms with Gasteiger partial charge in [-0.1, -0.05) is 6.07 Å². The maximum Gasteiger partial charge on any atom is 0.344 e. The van der Waals surface area contributed by atoms with Gasteiger partial charge in [-0.3, -0.25) is 0 Å². The smallest absolute Gasteiger partial charge is 0.344 e. The second-order valence-corrected chi connectivity index (χ2v) is 4.88. The van der Waals surface area contributed by atoms with Crippen LogP contribution in [0.15, 0.2) is 18.2 Å². The Morgan fingerprint density at radius 3 is 2.95 bits per heavy atom. The number of fused-ring (bicyclic) bond motifs is 1. The molecule has 0 spiro atoms. The molecule has 0 radical (unpaired) electrons. The largest absolute Gasteiger partial charge is 0.482 e. The Kier molecular flexibility index (Phi) is 6.82. The molecular formula is C15H22ClNO3. The molecule has 1 aliphatic rings. The SMILES string of the molecule is CCOC(=O)COc1ccc2c(c1)CC(N)CCC2.Cl. The third-order valence-corrected chi connectivity index (χ3v) is 3.34. The van der Waals surface area contributed by atoms with Crippen molar-refractivity contribution in [2.24, 2.45) is 5.73 Å². The molecule has 0 saturated heterocycles. The predicted octanol–water partition coefficient (Wildman–Crippen LogP) is 2.26. The predicted molar refractivity (Wildman–Crippen MR) is 80.4 cm³/mol. The maximum absolute atomic E-state index is 11.2. The molecule has 0 aromatic heterocycles. The fourth-order valence-corrected chi connectivity index (χ4v) is 2.41. The highest BCUT2D eigenvalue weighted by Gasteiger charge is 2.14. The summed E-state index contributed by atoms with van der Waals surface area (Å²) in [5.74, 6) is 0.370. The van der Waals surface area contributed by atoms with E-state index >= 15 is 0 Å². The van der Waals surface area contributed by atoms with Gasteiger partial charge >= 0.3 is 5.97 Å². The third kappa shape index (κ3) is 4.69. The number of ether oxygens (including phenoxy) is 2. The van der Waals surface area contributed by atoms with Gasteiger partial charge in [0.25, 0.3) is 0 Å². The number of rotatable bonds is 4. The second-order valence-electron chi connectivity index (χ2n) is 4.88. The van der Waals surface area contributed by atoms with Crippen molar-refractivity contribution in [3.63, 3.8) is 0 Å². The Bertz CT molecular complexity index is 451. The molecule has 0 amide bonds. The lowest BCUT2D eigenvalue weighted by atomic mass is 10.0. The number of carbonyl (C=O) groups is 1. The van der Waals surface area contributed by atoms with E-state index in [0.29, 0.717) is 12.4 Å². The molecule has 0 heterocycles. The summed E-state index contributed by atoms with van der Waals surface area (Å²) < 4.78 is 10.3. The van der Waals surface area contributed by atoms with E-state index in [9.17, 15) is 4.79 Å². The lowest BCUT2D eigenvalue weighted by molar-refractivity contribution is -0.145. The van der Waals surface area contributed by atoms with Gasteiger partial charge in [-0.25, -0.2) is 4.79 Å².